The van der Waals surface area contributed by atoms with E-state index in [-0.39, 0.29) is 10.8 Å². The van der Waals surface area contributed by atoms with Crippen molar-refractivity contribution < 1.29 is 17.9 Å². The number of ether oxygens (including phenoxy) is 1. The number of piperidine rings is 1. The molecule has 184 valence electrons. The number of rotatable bonds is 8. The van der Waals surface area contributed by atoms with Gasteiger partial charge in [-0.3, -0.25) is 4.79 Å². The molecule has 1 aliphatic carbocycles. The van der Waals surface area contributed by atoms with Crippen molar-refractivity contribution >= 4 is 21.6 Å². The summed E-state index contributed by atoms with van der Waals surface area (Å²) in [4.78, 5) is 13.0. The first-order chi connectivity index (χ1) is 16.4. The van der Waals surface area contributed by atoms with Crippen LogP contribution in [0.4, 0.5) is 5.69 Å². The van der Waals surface area contributed by atoms with Crippen LogP contribution in [0.3, 0.4) is 0 Å². The summed E-state index contributed by atoms with van der Waals surface area (Å²) in [6.45, 7) is 3.05. The standard InChI is InChI=1S/C27H36N2O4S/c1-21-9-8-12-23(19-21)33-26-15-14-24(34(31,32)29-17-6-3-7-18-29)20-25(26)28-27(30)16-13-22-10-4-2-5-11-22/h8-9,12,14-15,19-20,22H,2-7,10-11,13,16-18H2,1H3,(H,28,30). The average molecular weight is 485 g/mol. The number of nitrogens with zero attached hydrogens (tertiary/aromatic N) is 1. The first-order valence-corrected chi connectivity index (χ1v) is 14.0. The summed E-state index contributed by atoms with van der Waals surface area (Å²) in [5.74, 6) is 1.58. The zero-order valence-electron chi connectivity index (χ0n) is 20.1. The van der Waals surface area contributed by atoms with Crippen molar-refractivity contribution in [2.24, 2.45) is 5.92 Å². The van der Waals surface area contributed by atoms with E-state index in [0.717, 1.165) is 31.2 Å². The molecule has 0 aromatic heterocycles. The van der Waals surface area contributed by atoms with E-state index in [1.807, 2.05) is 31.2 Å². The smallest absolute Gasteiger partial charge is 0.243 e. The minimum atomic E-state index is -3.62. The Morgan fingerprint density at radius 3 is 2.47 bits per heavy atom. The highest BCUT2D eigenvalue weighted by Crippen LogP contribution is 2.34. The maximum atomic E-state index is 13.2. The van der Waals surface area contributed by atoms with Gasteiger partial charge in [-0.25, -0.2) is 8.42 Å². The predicted octanol–water partition coefficient (Wildman–Crippen LogP) is 6.26. The summed E-state index contributed by atoms with van der Waals surface area (Å²) in [6, 6.07) is 12.4. The highest BCUT2D eigenvalue weighted by Gasteiger charge is 2.27. The van der Waals surface area contributed by atoms with Gasteiger partial charge in [-0.15, -0.1) is 0 Å². The van der Waals surface area contributed by atoms with E-state index in [2.05, 4.69) is 5.32 Å². The molecule has 0 bridgehead atoms. The predicted molar refractivity (Wildman–Crippen MR) is 135 cm³/mol. The summed E-state index contributed by atoms with van der Waals surface area (Å²) >= 11 is 0. The molecular weight excluding hydrogens is 448 g/mol. The fraction of sp³-hybridized carbons (Fsp3) is 0.519. The van der Waals surface area contributed by atoms with Crippen molar-refractivity contribution in [1.29, 1.82) is 0 Å². The molecular formula is C27H36N2O4S. The molecule has 0 radical (unpaired) electrons. The Hall–Kier alpha value is -2.38. The Labute approximate surface area is 203 Å². The molecule has 2 aromatic carbocycles. The van der Waals surface area contributed by atoms with Gasteiger partial charge in [-0.2, -0.15) is 4.31 Å². The van der Waals surface area contributed by atoms with E-state index < -0.39 is 10.0 Å². The van der Waals surface area contributed by atoms with Crippen LogP contribution in [0.25, 0.3) is 0 Å². The number of sulfonamides is 1. The Bertz CT molecular complexity index is 1090. The Balaban J connectivity index is 1.55. The van der Waals surface area contributed by atoms with E-state index in [4.69, 9.17) is 4.74 Å². The normalized spacial score (nSPS) is 17.9. The van der Waals surface area contributed by atoms with Gasteiger partial charge in [0.2, 0.25) is 15.9 Å². The lowest BCUT2D eigenvalue weighted by atomic mass is 9.86. The van der Waals surface area contributed by atoms with Gasteiger partial charge in [0, 0.05) is 19.5 Å². The molecule has 1 saturated carbocycles. The van der Waals surface area contributed by atoms with Gasteiger partial charge in [0.05, 0.1) is 10.6 Å². The number of carbonyl (C=O) groups is 1. The lowest BCUT2D eigenvalue weighted by Gasteiger charge is -2.26. The lowest BCUT2D eigenvalue weighted by Crippen LogP contribution is -2.35. The molecule has 0 unspecified atom stereocenters. The van der Waals surface area contributed by atoms with Crippen LogP contribution in [-0.2, 0) is 14.8 Å². The summed E-state index contributed by atoms with van der Waals surface area (Å²) in [5, 5.41) is 2.95. The molecule has 6 nitrogen and oxygen atoms in total. The maximum absolute atomic E-state index is 13.2. The van der Waals surface area contributed by atoms with Crippen molar-refractivity contribution in [3.8, 4) is 11.5 Å². The monoisotopic (exact) mass is 484 g/mol. The number of hydrogen-bond donors (Lipinski definition) is 1. The first kappa shape index (κ1) is 24.7. The molecule has 1 heterocycles. The van der Waals surface area contributed by atoms with Gasteiger partial charge >= 0.3 is 0 Å². The molecule has 0 atom stereocenters. The van der Waals surface area contributed by atoms with Crippen LogP contribution in [0.5, 0.6) is 11.5 Å². The minimum absolute atomic E-state index is 0.104. The van der Waals surface area contributed by atoms with Crippen molar-refractivity contribution in [2.45, 2.75) is 76.0 Å². The van der Waals surface area contributed by atoms with Crippen LogP contribution < -0.4 is 10.1 Å². The van der Waals surface area contributed by atoms with Gasteiger partial charge in [0.1, 0.15) is 5.75 Å². The van der Waals surface area contributed by atoms with Gasteiger partial charge < -0.3 is 10.1 Å². The van der Waals surface area contributed by atoms with Crippen LogP contribution in [0.1, 0.15) is 69.8 Å². The van der Waals surface area contributed by atoms with Crippen molar-refractivity contribution in [3.63, 3.8) is 0 Å². The zero-order valence-corrected chi connectivity index (χ0v) is 20.9. The molecule has 1 aliphatic heterocycles. The Morgan fingerprint density at radius 2 is 1.74 bits per heavy atom. The van der Waals surface area contributed by atoms with E-state index in [0.29, 0.717) is 42.6 Å². The van der Waals surface area contributed by atoms with Gasteiger partial charge in [-0.1, -0.05) is 50.7 Å². The highest BCUT2D eigenvalue weighted by molar-refractivity contribution is 7.89. The second kappa shape index (κ2) is 11.4. The van der Waals surface area contributed by atoms with Crippen LogP contribution in [0, 0.1) is 12.8 Å². The third kappa shape index (κ3) is 6.39. The molecule has 2 aromatic rings. The molecule has 1 N–H and O–H groups in total. The molecule has 2 fully saturated rings. The molecule has 4 rings (SSSR count). The summed E-state index contributed by atoms with van der Waals surface area (Å²) in [5.41, 5.74) is 1.45. The maximum Gasteiger partial charge on any atom is 0.243 e. The molecule has 1 amide bonds. The molecule has 34 heavy (non-hydrogen) atoms. The molecule has 1 saturated heterocycles. The third-order valence-electron chi connectivity index (χ3n) is 6.90. The number of amides is 1. The van der Waals surface area contributed by atoms with E-state index in [1.54, 1.807) is 22.5 Å². The van der Waals surface area contributed by atoms with E-state index >= 15 is 0 Å². The van der Waals surface area contributed by atoms with Crippen LogP contribution in [0.15, 0.2) is 47.4 Å². The van der Waals surface area contributed by atoms with E-state index in [1.165, 1.54) is 32.1 Å². The lowest BCUT2D eigenvalue weighted by molar-refractivity contribution is -0.116. The number of aryl methyl sites for hydroxylation is 1. The van der Waals surface area contributed by atoms with Crippen molar-refractivity contribution in [1.82, 2.24) is 4.31 Å². The topological polar surface area (TPSA) is 75.7 Å². The second-order valence-corrected chi connectivity index (χ2v) is 11.6. The minimum Gasteiger partial charge on any atom is -0.455 e. The van der Waals surface area contributed by atoms with Gasteiger partial charge in [0.25, 0.3) is 0 Å². The quantitative estimate of drug-likeness (QED) is 0.480. The van der Waals surface area contributed by atoms with E-state index in [9.17, 15) is 13.2 Å². The highest BCUT2D eigenvalue weighted by atomic mass is 32.2. The second-order valence-electron chi connectivity index (χ2n) is 9.63. The van der Waals surface area contributed by atoms with Crippen LogP contribution >= 0.6 is 0 Å². The van der Waals surface area contributed by atoms with Crippen molar-refractivity contribution in [3.05, 3.63) is 48.0 Å². The summed E-state index contributed by atoms with van der Waals surface area (Å²) in [6.07, 6.45) is 10.3. The van der Waals surface area contributed by atoms with Crippen molar-refractivity contribution in [2.75, 3.05) is 18.4 Å². The number of hydrogen-bond acceptors (Lipinski definition) is 4. The number of nitrogens with one attached hydrogen (secondary N) is 1. The van der Waals surface area contributed by atoms with Gasteiger partial charge in [0.15, 0.2) is 5.75 Å². The largest absolute Gasteiger partial charge is 0.455 e. The fourth-order valence-corrected chi connectivity index (χ4v) is 6.48. The Morgan fingerprint density at radius 1 is 1.00 bits per heavy atom. The molecule has 7 heteroatoms. The molecule has 2 aliphatic rings. The average Bonchev–Trinajstić information content (AvgIpc) is 2.85. The van der Waals surface area contributed by atoms with Crippen LogP contribution in [-0.4, -0.2) is 31.7 Å². The summed E-state index contributed by atoms with van der Waals surface area (Å²) < 4.78 is 34.1. The number of carbonyl (C=O) groups excluding carboxylic acids is 1. The zero-order chi connectivity index (χ0) is 24.0. The Kier molecular flexibility index (Phi) is 8.27. The number of anilines is 1. The summed E-state index contributed by atoms with van der Waals surface area (Å²) in [7, 11) is -3.62. The SMILES string of the molecule is Cc1cccc(Oc2ccc(S(=O)(=O)N3CCCCC3)cc2NC(=O)CCC2CCCCC2)c1. The number of benzene rings is 2. The fourth-order valence-electron chi connectivity index (χ4n) is 4.94. The third-order valence-corrected chi connectivity index (χ3v) is 8.79. The molecule has 0 spiro atoms. The first-order valence-electron chi connectivity index (χ1n) is 12.6. The van der Waals surface area contributed by atoms with Gasteiger partial charge in [-0.05, 0) is 68.0 Å². The van der Waals surface area contributed by atoms with Crippen LogP contribution in [0.2, 0.25) is 0 Å².